The molecule has 0 aromatic heterocycles. The number of carbonyl (C=O) groups is 1. The predicted octanol–water partition coefficient (Wildman–Crippen LogP) is 0.999. The van der Waals surface area contributed by atoms with Gasteiger partial charge in [0.05, 0.1) is 12.6 Å². The summed E-state index contributed by atoms with van der Waals surface area (Å²) in [7, 11) is 1.75. The molecule has 0 aromatic carbocycles. The number of rotatable bonds is 3. The lowest BCUT2D eigenvalue weighted by molar-refractivity contribution is -0.131. The molecule has 1 saturated carbocycles. The number of nitrogens with zero attached hydrogens (tertiary/aromatic N) is 1. The van der Waals surface area contributed by atoms with Gasteiger partial charge in [0, 0.05) is 26.1 Å². The zero-order valence-corrected chi connectivity index (χ0v) is 10.9. The van der Waals surface area contributed by atoms with Crippen LogP contribution in [0.15, 0.2) is 0 Å². The summed E-state index contributed by atoms with van der Waals surface area (Å²) < 4.78 is 5.33. The maximum atomic E-state index is 12.0. The van der Waals surface area contributed by atoms with Gasteiger partial charge in [-0.25, -0.2) is 0 Å². The van der Waals surface area contributed by atoms with Crippen LogP contribution in [0.2, 0.25) is 0 Å². The Morgan fingerprint density at radius 3 is 2.71 bits per heavy atom. The largest absolute Gasteiger partial charge is 0.384 e. The average Bonchev–Trinajstić information content (AvgIpc) is 2.88. The first kappa shape index (κ1) is 12.8. The molecule has 2 atom stereocenters. The molecule has 1 aliphatic carbocycles. The molecule has 1 heterocycles. The highest BCUT2D eigenvalue weighted by Crippen LogP contribution is 2.49. The Morgan fingerprint density at radius 2 is 2.18 bits per heavy atom. The third kappa shape index (κ3) is 2.33. The molecule has 17 heavy (non-hydrogen) atoms. The fraction of sp³-hybridized carbons (Fsp3) is 0.923. The Labute approximate surface area is 103 Å². The van der Waals surface area contributed by atoms with E-state index in [2.05, 4.69) is 0 Å². The minimum atomic E-state index is -0.380. The summed E-state index contributed by atoms with van der Waals surface area (Å²) in [5.74, 6) is 0.590. The molecule has 1 saturated heterocycles. The van der Waals surface area contributed by atoms with Crippen molar-refractivity contribution in [3.05, 3.63) is 0 Å². The van der Waals surface area contributed by atoms with Gasteiger partial charge in [0.2, 0.25) is 5.91 Å². The lowest BCUT2D eigenvalue weighted by atomic mass is 9.77. The van der Waals surface area contributed by atoms with Crippen molar-refractivity contribution in [2.24, 2.45) is 17.1 Å². The van der Waals surface area contributed by atoms with Gasteiger partial charge in [-0.2, -0.15) is 0 Å². The van der Waals surface area contributed by atoms with E-state index >= 15 is 0 Å². The van der Waals surface area contributed by atoms with Crippen LogP contribution in [-0.2, 0) is 9.53 Å². The van der Waals surface area contributed by atoms with Crippen LogP contribution in [0.25, 0.3) is 0 Å². The molecule has 2 aliphatic rings. The highest BCUT2D eigenvalue weighted by molar-refractivity contribution is 5.81. The summed E-state index contributed by atoms with van der Waals surface area (Å²) in [6.45, 7) is 4.26. The second-order valence-electron chi connectivity index (χ2n) is 5.73. The molecule has 4 nitrogen and oxygen atoms in total. The first-order valence-electron chi connectivity index (χ1n) is 6.62. The zero-order chi connectivity index (χ0) is 12.5. The van der Waals surface area contributed by atoms with Gasteiger partial charge in [-0.15, -0.1) is 0 Å². The maximum absolute atomic E-state index is 12.0. The van der Waals surface area contributed by atoms with E-state index in [1.165, 1.54) is 25.7 Å². The minimum absolute atomic E-state index is 0.0925. The van der Waals surface area contributed by atoms with Crippen molar-refractivity contribution < 1.29 is 9.53 Å². The SMILES string of the molecule is COC[C@@H]1CN(C(=O)[C@@H](C)N)CC12CCCC2. The first-order valence-corrected chi connectivity index (χ1v) is 6.62. The van der Waals surface area contributed by atoms with Crippen molar-refractivity contribution in [2.45, 2.75) is 38.6 Å². The Morgan fingerprint density at radius 1 is 1.53 bits per heavy atom. The quantitative estimate of drug-likeness (QED) is 0.800. The molecular weight excluding hydrogens is 216 g/mol. The van der Waals surface area contributed by atoms with E-state index in [1.54, 1.807) is 14.0 Å². The van der Waals surface area contributed by atoms with E-state index in [1.807, 2.05) is 4.90 Å². The van der Waals surface area contributed by atoms with Crippen LogP contribution in [0.4, 0.5) is 0 Å². The number of carbonyl (C=O) groups excluding carboxylic acids is 1. The van der Waals surface area contributed by atoms with Gasteiger partial charge >= 0.3 is 0 Å². The monoisotopic (exact) mass is 240 g/mol. The fourth-order valence-electron chi connectivity index (χ4n) is 3.57. The third-order valence-electron chi connectivity index (χ3n) is 4.48. The van der Waals surface area contributed by atoms with E-state index in [9.17, 15) is 4.79 Å². The molecular formula is C13H24N2O2. The summed E-state index contributed by atoms with van der Waals surface area (Å²) in [6, 6.07) is -0.380. The van der Waals surface area contributed by atoms with Crippen molar-refractivity contribution >= 4 is 5.91 Å². The van der Waals surface area contributed by atoms with Crippen LogP contribution in [0.5, 0.6) is 0 Å². The summed E-state index contributed by atoms with van der Waals surface area (Å²) in [5.41, 5.74) is 6.02. The molecule has 0 radical (unpaired) electrons. The number of amides is 1. The predicted molar refractivity (Wildman–Crippen MR) is 66.5 cm³/mol. The van der Waals surface area contributed by atoms with Crippen LogP contribution < -0.4 is 5.73 Å². The normalized spacial score (nSPS) is 28.9. The van der Waals surface area contributed by atoms with Gasteiger partial charge in [0.25, 0.3) is 0 Å². The Hall–Kier alpha value is -0.610. The standard InChI is InChI=1S/C13H24N2O2/c1-10(14)12(16)15-7-11(8-17-2)13(9-15)5-3-4-6-13/h10-11H,3-9,14H2,1-2H3/t10-,11+/m1/s1. The average molecular weight is 240 g/mol. The first-order chi connectivity index (χ1) is 8.09. The molecule has 2 fully saturated rings. The van der Waals surface area contributed by atoms with E-state index in [4.69, 9.17) is 10.5 Å². The molecule has 2 N–H and O–H groups in total. The molecule has 1 amide bonds. The summed E-state index contributed by atoms with van der Waals surface area (Å²) in [6.07, 6.45) is 5.06. The number of hydrogen-bond acceptors (Lipinski definition) is 3. The van der Waals surface area contributed by atoms with Gasteiger partial charge in [-0.05, 0) is 25.2 Å². The van der Waals surface area contributed by atoms with Gasteiger partial charge in [0.1, 0.15) is 0 Å². The summed E-state index contributed by atoms with van der Waals surface area (Å²) >= 11 is 0. The molecule has 4 heteroatoms. The summed E-state index contributed by atoms with van der Waals surface area (Å²) in [5, 5.41) is 0. The van der Waals surface area contributed by atoms with Gasteiger partial charge in [0.15, 0.2) is 0 Å². The highest BCUT2D eigenvalue weighted by Gasteiger charge is 2.49. The van der Waals surface area contributed by atoms with E-state index in [0.717, 1.165) is 19.7 Å². The van der Waals surface area contributed by atoms with Crippen molar-refractivity contribution in [1.82, 2.24) is 4.90 Å². The number of methoxy groups -OCH3 is 1. The lowest BCUT2D eigenvalue weighted by Gasteiger charge is -2.29. The van der Waals surface area contributed by atoms with E-state index < -0.39 is 0 Å². The second-order valence-corrected chi connectivity index (χ2v) is 5.73. The van der Waals surface area contributed by atoms with Crippen LogP contribution in [0.3, 0.4) is 0 Å². The molecule has 1 aliphatic heterocycles. The zero-order valence-electron chi connectivity index (χ0n) is 10.9. The molecule has 2 rings (SSSR count). The maximum Gasteiger partial charge on any atom is 0.239 e. The molecule has 0 bridgehead atoms. The van der Waals surface area contributed by atoms with Gasteiger partial charge in [-0.3, -0.25) is 4.79 Å². The van der Waals surface area contributed by atoms with Crippen molar-refractivity contribution in [1.29, 1.82) is 0 Å². The summed E-state index contributed by atoms with van der Waals surface area (Å²) in [4.78, 5) is 14.0. The second kappa shape index (κ2) is 4.94. The smallest absolute Gasteiger partial charge is 0.239 e. The van der Waals surface area contributed by atoms with E-state index in [-0.39, 0.29) is 11.9 Å². The molecule has 98 valence electrons. The number of hydrogen-bond donors (Lipinski definition) is 1. The molecule has 0 unspecified atom stereocenters. The van der Waals surface area contributed by atoms with Crippen molar-refractivity contribution in [3.8, 4) is 0 Å². The molecule has 1 spiro atoms. The third-order valence-corrected chi connectivity index (χ3v) is 4.48. The Bertz CT molecular complexity index is 285. The number of nitrogens with two attached hydrogens (primary N) is 1. The Kier molecular flexibility index (Phi) is 3.73. The van der Waals surface area contributed by atoms with Crippen LogP contribution in [0.1, 0.15) is 32.6 Å². The topological polar surface area (TPSA) is 55.6 Å². The van der Waals surface area contributed by atoms with Crippen LogP contribution >= 0.6 is 0 Å². The van der Waals surface area contributed by atoms with Crippen LogP contribution in [0, 0.1) is 11.3 Å². The minimum Gasteiger partial charge on any atom is -0.384 e. The van der Waals surface area contributed by atoms with Crippen LogP contribution in [-0.4, -0.2) is 43.7 Å². The lowest BCUT2D eigenvalue weighted by Crippen LogP contribution is -2.41. The molecule has 0 aromatic rings. The van der Waals surface area contributed by atoms with E-state index in [0.29, 0.717) is 11.3 Å². The highest BCUT2D eigenvalue weighted by atomic mass is 16.5. The van der Waals surface area contributed by atoms with Gasteiger partial charge in [-0.1, -0.05) is 12.8 Å². The fourth-order valence-corrected chi connectivity index (χ4v) is 3.57. The Balaban J connectivity index is 2.09. The number of likely N-dealkylation sites (tertiary alicyclic amines) is 1. The van der Waals surface area contributed by atoms with Gasteiger partial charge < -0.3 is 15.4 Å². The number of ether oxygens (including phenoxy) is 1. The van der Waals surface area contributed by atoms with Crippen molar-refractivity contribution in [3.63, 3.8) is 0 Å². The van der Waals surface area contributed by atoms with Crippen molar-refractivity contribution in [2.75, 3.05) is 26.8 Å².